The Morgan fingerprint density at radius 2 is 2.24 bits per heavy atom. The lowest BCUT2D eigenvalue weighted by molar-refractivity contribution is -0.117. The second-order valence-corrected chi connectivity index (χ2v) is 6.08. The molecule has 1 fully saturated rings. The highest BCUT2D eigenvalue weighted by Gasteiger charge is 2.26. The zero-order chi connectivity index (χ0) is 14.7. The molecule has 1 saturated heterocycles. The van der Waals surface area contributed by atoms with Gasteiger partial charge >= 0.3 is 0 Å². The largest absolute Gasteiger partial charge is 0.328 e. The molecule has 21 heavy (non-hydrogen) atoms. The summed E-state index contributed by atoms with van der Waals surface area (Å²) in [6, 6.07) is 5.35. The standard InChI is InChI=1S/C14H19Cl2N3O.ClH/c1-9(17)10-5-6-19(7-10)8-13(20)18-12-4-2-3-11(15)14(12)16;/h2-4,9-10H,5-8,17H2,1H3,(H,18,20);1H. The summed E-state index contributed by atoms with van der Waals surface area (Å²) in [5, 5.41) is 3.60. The van der Waals surface area contributed by atoms with E-state index in [0.717, 1.165) is 19.5 Å². The topological polar surface area (TPSA) is 58.4 Å². The van der Waals surface area contributed by atoms with Crippen molar-refractivity contribution in [2.45, 2.75) is 19.4 Å². The molecule has 1 aliphatic heterocycles. The molecule has 7 heteroatoms. The van der Waals surface area contributed by atoms with Crippen LogP contribution in [0.15, 0.2) is 18.2 Å². The summed E-state index contributed by atoms with van der Waals surface area (Å²) < 4.78 is 0. The first-order valence-corrected chi connectivity index (χ1v) is 7.44. The van der Waals surface area contributed by atoms with Gasteiger partial charge in [-0.05, 0) is 37.9 Å². The van der Waals surface area contributed by atoms with Gasteiger partial charge in [0.1, 0.15) is 0 Å². The summed E-state index contributed by atoms with van der Waals surface area (Å²) >= 11 is 12.0. The maximum atomic E-state index is 12.0. The molecular weight excluding hydrogens is 333 g/mol. The van der Waals surface area contributed by atoms with Gasteiger partial charge in [0.05, 0.1) is 22.3 Å². The lowest BCUT2D eigenvalue weighted by atomic mass is 10.0. The Hall–Kier alpha value is -0.520. The number of benzene rings is 1. The maximum absolute atomic E-state index is 12.0. The molecule has 0 radical (unpaired) electrons. The molecule has 1 aromatic rings. The van der Waals surface area contributed by atoms with Crippen molar-refractivity contribution < 1.29 is 4.79 Å². The highest BCUT2D eigenvalue weighted by molar-refractivity contribution is 6.43. The van der Waals surface area contributed by atoms with Gasteiger partial charge in [0.25, 0.3) is 0 Å². The van der Waals surface area contributed by atoms with Gasteiger partial charge in [-0.3, -0.25) is 9.69 Å². The molecule has 0 spiro atoms. The summed E-state index contributed by atoms with van der Waals surface area (Å²) in [6.07, 6.45) is 1.04. The van der Waals surface area contributed by atoms with Gasteiger partial charge in [0.15, 0.2) is 0 Å². The van der Waals surface area contributed by atoms with Crippen LogP contribution >= 0.6 is 35.6 Å². The predicted octanol–water partition coefficient (Wildman–Crippen LogP) is 3.02. The van der Waals surface area contributed by atoms with Crippen LogP contribution in [0, 0.1) is 5.92 Å². The van der Waals surface area contributed by atoms with Crippen LogP contribution in [0.1, 0.15) is 13.3 Å². The summed E-state index contributed by atoms with van der Waals surface area (Å²) in [4.78, 5) is 14.1. The van der Waals surface area contributed by atoms with E-state index >= 15 is 0 Å². The maximum Gasteiger partial charge on any atom is 0.238 e. The number of amides is 1. The summed E-state index contributed by atoms with van der Waals surface area (Å²) in [5.41, 5.74) is 6.44. The van der Waals surface area contributed by atoms with Crippen LogP contribution in [-0.2, 0) is 4.79 Å². The highest BCUT2D eigenvalue weighted by Crippen LogP contribution is 2.29. The molecule has 1 amide bonds. The Labute approximate surface area is 141 Å². The van der Waals surface area contributed by atoms with Gasteiger partial charge < -0.3 is 11.1 Å². The van der Waals surface area contributed by atoms with Crippen LogP contribution in [0.4, 0.5) is 5.69 Å². The van der Waals surface area contributed by atoms with E-state index in [1.165, 1.54) is 0 Å². The first kappa shape index (κ1) is 18.5. The fourth-order valence-corrected chi connectivity index (χ4v) is 2.78. The third-order valence-electron chi connectivity index (χ3n) is 3.65. The Morgan fingerprint density at radius 3 is 2.86 bits per heavy atom. The normalized spacial score (nSPS) is 19.9. The van der Waals surface area contributed by atoms with E-state index in [0.29, 0.717) is 28.2 Å². The number of nitrogens with two attached hydrogens (primary N) is 1. The van der Waals surface area contributed by atoms with Crippen molar-refractivity contribution in [3.05, 3.63) is 28.2 Å². The number of rotatable bonds is 4. The lowest BCUT2D eigenvalue weighted by Gasteiger charge is -2.17. The molecule has 1 aliphatic rings. The van der Waals surface area contributed by atoms with Gasteiger partial charge in [0.2, 0.25) is 5.91 Å². The zero-order valence-electron chi connectivity index (χ0n) is 11.8. The van der Waals surface area contributed by atoms with Crippen molar-refractivity contribution in [3.63, 3.8) is 0 Å². The molecule has 1 aromatic carbocycles. The highest BCUT2D eigenvalue weighted by atomic mass is 35.5. The molecule has 2 unspecified atom stereocenters. The molecule has 0 saturated carbocycles. The first-order chi connectivity index (χ1) is 9.47. The number of likely N-dealkylation sites (tertiary alicyclic amines) is 1. The second-order valence-electron chi connectivity index (χ2n) is 5.29. The smallest absolute Gasteiger partial charge is 0.238 e. The molecule has 3 N–H and O–H groups in total. The number of carbonyl (C=O) groups excluding carboxylic acids is 1. The Bertz CT molecular complexity index is 496. The number of nitrogens with zero attached hydrogens (tertiary/aromatic N) is 1. The molecule has 4 nitrogen and oxygen atoms in total. The number of hydrogen-bond acceptors (Lipinski definition) is 3. The minimum Gasteiger partial charge on any atom is -0.328 e. The van der Waals surface area contributed by atoms with Crippen LogP contribution in [0.3, 0.4) is 0 Å². The Balaban J connectivity index is 0.00000220. The van der Waals surface area contributed by atoms with E-state index in [2.05, 4.69) is 10.2 Å². The third-order valence-corrected chi connectivity index (χ3v) is 4.46. The fraction of sp³-hybridized carbons (Fsp3) is 0.500. The van der Waals surface area contributed by atoms with Crippen molar-refractivity contribution in [3.8, 4) is 0 Å². The quantitative estimate of drug-likeness (QED) is 0.875. The summed E-state index contributed by atoms with van der Waals surface area (Å²) in [6.45, 7) is 4.14. The number of hydrogen-bond donors (Lipinski definition) is 2. The monoisotopic (exact) mass is 351 g/mol. The number of nitrogens with one attached hydrogen (secondary N) is 1. The van der Waals surface area contributed by atoms with Crippen LogP contribution in [0.25, 0.3) is 0 Å². The van der Waals surface area contributed by atoms with Crippen molar-refractivity contribution >= 4 is 47.2 Å². The molecular formula is C14H20Cl3N3O. The average molecular weight is 353 g/mol. The van der Waals surface area contributed by atoms with Crippen molar-refractivity contribution in [1.29, 1.82) is 0 Å². The average Bonchev–Trinajstić information content (AvgIpc) is 2.83. The lowest BCUT2D eigenvalue weighted by Crippen LogP contribution is -2.34. The van der Waals surface area contributed by atoms with Gasteiger partial charge in [0, 0.05) is 12.6 Å². The second kappa shape index (κ2) is 8.20. The molecule has 0 aliphatic carbocycles. The van der Waals surface area contributed by atoms with Crippen molar-refractivity contribution in [1.82, 2.24) is 4.90 Å². The van der Waals surface area contributed by atoms with Gasteiger partial charge in [-0.25, -0.2) is 0 Å². The first-order valence-electron chi connectivity index (χ1n) is 6.69. The van der Waals surface area contributed by atoms with Crippen LogP contribution in [-0.4, -0.2) is 36.5 Å². The number of anilines is 1. The Kier molecular flexibility index (Phi) is 7.24. The minimum absolute atomic E-state index is 0. The number of halogens is 3. The van der Waals surface area contributed by atoms with Gasteiger partial charge in [-0.2, -0.15) is 0 Å². The number of carbonyl (C=O) groups is 1. The van der Waals surface area contributed by atoms with Crippen molar-refractivity contribution in [2.24, 2.45) is 11.7 Å². The molecule has 0 bridgehead atoms. The van der Waals surface area contributed by atoms with E-state index < -0.39 is 0 Å². The molecule has 2 rings (SSSR count). The van der Waals surface area contributed by atoms with E-state index in [-0.39, 0.29) is 24.4 Å². The van der Waals surface area contributed by atoms with Crippen LogP contribution in [0.5, 0.6) is 0 Å². The van der Waals surface area contributed by atoms with Gasteiger partial charge in [-0.1, -0.05) is 29.3 Å². The fourth-order valence-electron chi connectivity index (χ4n) is 2.43. The molecule has 2 atom stereocenters. The predicted molar refractivity (Wildman–Crippen MR) is 90.5 cm³/mol. The van der Waals surface area contributed by atoms with E-state index in [4.69, 9.17) is 28.9 Å². The zero-order valence-corrected chi connectivity index (χ0v) is 14.1. The van der Waals surface area contributed by atoms with E-state index in [1.807, 2.05) is 6.92 Å². The minimum atomic E-state index is -0.0838. The van der Waals surface area contributed by atoms with Crippen LogP contribution < -0.4 is 11.1 Å². The summed E-state index contributed by atoms with van der Waals surface area (Å²) in [7, 11) is 0. The Morgan fingerprint density at radius 1 is 1.52 bits per heavy atom. The SMILES string of the molecule is CC(N)C1CCN(CC(=O)Nc2cccc(Cl)c2Cl)C1.Cl. The molecule has 118 valence electrons. The van der Waals surface area contributed by atoms with E-state index in [9.17, 15) is 4.79 Å². The van der Waals surface area contributed by atoms with Crippen molar-refractivity contribution in [2.75, 3.05) is 25.0 Å². The summed E-state index contributed by atoms with van der Waals surface area (Å²) in [5.74, 6) is 0.386. The van der Waals surface area contributed by atoms with E-state index in [1.54, 1.807) is 18.2 Å². The van der Waals surface area contributed by atoms with Crippen LogP contribution in [0.2, 0.25) is 10.0 Å². The molecule has 0 aromatic heterocycles. The molecule has 1 heterocycles. The van der Waals surface area contributed by atoms with Gasteiger partial charge in [-0.15, -0.1) is 12.4 Å². The third kappa shape index (κ3) is 5.01.